The largest absolute Gasteiger partial charge is 0.470 e. The molecule has 0 aliphatic heterocycles. The van der Waals surface area contributed by atoms with Crippen molar-refractivity contribution in [3.63, 3.8) is 0 Å². The summed E-state index contributed by atoms with van der Waals surface area (Å²) in [5.74, 6) is -1.64. The molecule has 0 bridgehead atoms. The fourth-order valence-electron chi connectivity index (χ4n) is 2.33. The van der Waals surface area contributed by atoms with E-state index in [9.17, 15) is 14.4 Å². The van der Waals surface area contributed by atoms with Gasteiger partial charge in [0.15, 0.2) is 0 Å². The Kier molecular flexibility index (Phi) is 19.8. The van der Waals surface area contributed by atoms with Gasteiger partial charge in [-0.05, 0) is 43.1 Å². The monoisotopic (exact) mass is 605 g/mol. The normalized spacial score (nSPS) is 10.1. The molecule has 0 heterocycles. The number of hydrogen-bond acceptors (Lipinski definition) is 12. The number of ether oxygens (including phenoxy) is 6. The van der Waals surface area contributed by atoms with Crippen LogP contribution in [0.2, 0.25) is 0 Å². The van der Waals surface area contributed by atoms with Gasteiger partial charge in [-0.15, -0.1) is 0 Å². The number of thiocarbonyl (C=S) groups is 3. The van der Waals surface area contributed by atoms with Gasteiger partial charge in [0.05, 0.1) is 25.0 Å². The van der Waals surface area contributed by atoms with Gasteiger partial charge >= 0.3 is 17.9 Å². The highest BCUT2D eigenvalue weighted by Gasteiger charge is 2.33. The lowest BCUT2D eigenvalue weighted by molar-refractivity contribution is -0.138. The van der Waals surface area contributed by atoms with E-state index in [1.807, 2.05) is 6.92 Å². The minimum Gasteiger partial charge on any atom is -0.470 e. The summed E-state index contributed by atoms with van der Waals surface area (Å²) in [5, 5.41) is 8.73. The van der Waals surface area contributed by atoms with Crippen molar-refractivity contribution in [1.29, 1.82) is 0 Å². The molecule has 3 N–H and O–H groups in total. The van der Waals surface area contributed by atoms with Crippen LogP contribution in [0.25, 0.3) is 0 Å². The number of hydrogen-bond donors (Lipinski definition) is 3. The molecule has 12 nitrogen and oxygen atoms in total. The van der Waals surface area contributed by atoms with Gasteiger partial charge in [-0.1, -0.05) is 26.7 Å². The summed E-state index contributed by atoms with van der Waals surface area (Å²) in [4.78, 5) is 33.4. The Hall–Kier alpha value is -3.30. The number of rotatable bonds is 19. The summed E-state index contributed by atoms with van der Waals surface area (Å²) in [6.07, 6.45) is 3.70. The minimum absolute atomic E-state index is 0.0703. The Balaban J connectivity index is 4.93. The fraction of sp³-hybridized carbons (Fsp3) is 0.500. The first-order chi connectivity index (χ1) is 18.6. The highest BCUT2D eigenvalue weighted by atomic mass is 32.1. The van der Waals surface area contributed by atoms with Crippen molar-refractivity contribution >= 4 is 70.1 Å². The van der Waals surface area contributed by atoms with Gasteiger partial charge in [-0.3, -0.25) is 0 Å². The van der Waals surface area contributed by atoms with Crippen molar-refractivity contribution in [2.45, 2.75) is 13.3 Å². The van der Waals surface area contributed by atoms with Gasteiger partial charge in [-0.2, -0.15) is 0 Å². The van der Waals surface area contributed by atoms with Gasteiger partial charge in [0, 0.05) is 18.2 Å². The Morgan fingerprint density at radius 1 is 0.615 bits per heavy atom. The summed E-state index contributed by atoms with van der Waals surface area (Å²) in [6, 6.07) is 0. The number of carbonyl (C=O) groups is 3. The second-order valence-corrected chi connectivity index (χ2v) is 8.59. The molecular formula is C24H35N3O9S3. The van der Waals surface area contributed by atoms with E-state index in [1.54, 1.807) is 0 Å². The SMILES string of the molecule is C=CC(=O)OCCNC(=S)OCC(CC)(COC(=S)NCCOC(=O)C=C)COC(=S)NCCOC(=O)C=C. The molecule has 0 unspecified atom stereocenters. The molecule has 0 atom stereocenters. The zero-order chi connectivity index (χ0) is 29.5. The lowest BCUT2D eigenvalue weighted by Crippen LogP contribution is -2.43. The van der Waals surface area contributed by atoms with Crippen molar-refractivity contribution in [3.05, 3.63) is 38.0 Å². The van der Waals surface area contributed by atoms with Crippen LogP contribution in [0, 0.1) is 5.41 Å². The van der Waals surface area contributed by atoms with Gasteiger partial charge in [0.2, 0.25) is 0 Å². The maximum absolute atomic E-state index is 11.1. The van der Waals surface area contributed by atoms with E-state index < -0.39 is 23.3 Å². The van der Waals surface area contributed by atoms with Crippen LogP contribution in [-0.4, -0.2) is 92.7 Å². The second-order valence-electron chi connectivity index (χ2n) is 7.48. The van der Waals surface area contributed by atoms with Crippen molar-refractivity contribution < 1.29 is 42.8 Å². The Morgan fingerprint density at radius 3 is 1.13 bits per heavy atom. The predicted octanol–water partition coefficient (Wildman–Crippen LogP) is 1.24. The Labute approximate surface area is 244 Å². The summed E-state index contributed by atoms with van der Waals surface area (Å²) >= 11 is 15.6. The quantitative estimate of drug-likeness (QED) is 0.0638. The van der Waals surface area contributed by atoms with E-state index in [4.69, 9.17) is 65.1 Å². The van der Waals surface area contributed by atoms with Crippen LogP contribution in [0.5, 0.6) is 0 Å². The molecule has 0 aromatic carbocycles. The highest BCUT2D eigenvalue weighted by molar-refractivity contribution is 7.80. The molecule has 15 heteroatoms. The third-order valence-electron chi connectivity index (χ3n) is 4.63. The van der Waals surface area contributed by atoms with Crippen molar-refractivity contribution in [1.82, 2.24) is 16.0 Å². The highest BCUT2D eigenvalue weighted by Crippen LogP contribution is 2.24. The van der Waals surface area contributed by atoms with Gasteiger partial charge in [0.25, 0.3) is 15.5 Å². The van der Waals surface area contributed by atoms with Crippen LogP contribution in [0.4, 0.5) is 0 Å². The molecular weight excluding hydrogens is 570 g/mol. The average Bonchev–Trinajstić information content (AvgIpc) is 2.94. The summed E-state index contributed by atoms with van der Waals surface area (Å²) in [6.45, 7) is 13.0. The van der Waals surface area contributed by atoms with E-state index in [0.717, 1.165) is 18.2 Å². The first kappa shape index (κ1) is 35.7. The predicted molar refractivity (Wildman–Crippen MR) is 156 cm³/mol. The van der Waals surface area contributed by atoms with Crippen molar-refractivity contribution in [2.24, 2.45) is 5.41 Å². The first-order valence-corrected chi connectivity index (χ1v) is 12.9. The van der Waals surface area contributed by atoms with E-state index in [2.05, 4.69) is 35.7 Å². The standard InChI is InChI=1S/C24H35N3O9S3/c1-5-18(28)31-12-9-25-21(37)34-15-24(8-4,16-35-22(38)26-10-13-32-19(29)6-2)17-36-23(39)27-11-14-33-20(30)7-3/h5-7H,1-3,8-17H2,4H3,(H,25,37)(H,26,38)(H,27,39). The molecule has 0 fully saturated rings. The summed E-state index contributed by atoms with van der Waals surface area (Å²) < 4.78 is 31.8. The second kappa shape index (κ2) is 21.6. The Bertz CT molecular complexity index is 777. The molecule has 0 spiro atoms. The van der Waals surface area contributed by atoms with Gasteiger partial charge in [0.1, 0.15) is 39.6 Å². The Morgan fingerprint density at radius 2 is 0.897 bits per heavy atom. The zero-order valence-corrected chi connectivity index (χ0v) is 24.3. The van der Waals surface area contributed by atoms with E-state index in [1.165, 1.54) is 0 Å². The maximum Gasteiger partial charge on any atom is 0.330 e. The van der Waals surface area contributed by atoms with Crippen LogP contribution in [0.3, 0.4) is 0 Å². The van der Waals surface area contributed by atoms with Crippen LogP contribution >= 0.6 is 36.7 Å². The molecule has 0 radical (unpaired) electrons. The third kappa shape index (κ3) is 18.6. The van der Waals surface area contributed by atoms with E-state index >= 15 is 0 Å². The molecule has 0 aliphatic carbocycles. The topological polar surface area (TPSA) is 143 Å². The molecule has 39 heavy (non-hydrogen) atoms. The smallest absolute Gasteiger partial charge is 0.330 e. The molecule has 0 rings (SSSR count). The van der Waals surface area contributed by atoms with Crippen molar-refractivity contribution in [2.75, 3.05) is 59.3 Å². The molecule has 218 valence electrons. The van der Waals surface area contributed by atoms with Gasteiger partial charge in [-0.25, -0.2) is 14.4 Å². The van der Waals surface area contributed by atoms with Crippen LogP contribution in [-0.2, 0) is 42.8 Å². The van der Waals surface area contributed by atoms with E-state index in [0.29, 0.717) is 6.42 Å². The maximum atomic E-state index is 11.1. The molecule has 0 aliphatic rings. The number of carbonyl (C=O) groups excluding carboxylic acids is 3. The third-order valence-corrected chi connectivity index (χ3v) is 5.41. The molecule has 0 aromatic heterocycles. The number of esters is 3. The van der Waals surface area contributed by atoms with Crippen LogP contribution in [0.1, 0.15) is 13.3 Å². The number of nitrogens with one attached hydrogen (secondary N) is 3. The van der Waals surface area contributed by atoms with Crippen LogP contribution in [0.15, 0.2) is 38.0 Å². The fourth-order valence-corrected chi connectivity index (χ4v) is 2.81. The summed E-state index contributed by atoms with van der Waals surface area (Å²) in [5.41, 5.74) is -0.747. The van der Waals surface area contributed by atoms with Crippen LogP contribution < -0.4 is 16.0 Å². The van der Waals surface area contributed by atoms with Gasteiger partial charge < -0.3 is 44.4 Å². The van der Waals surface area contributed by atoms with Crippen molar-refractivity contribution in [3.8, 4) is 0 Å². The average molecular weight is 606 g/mol. The lowest BCUT2D eigenvalue weighted by Gasteiger charge is -2.32. The molecule has 0 aromatic rings. The molecule has 0 amide bonds. The first-order valence-electron chi connectivity index (χ1n) is 11.7. The molecule has 0 saturated heterocycles. The molecule has 0 saturated carbocycles. The zero-order valence-electron chi connectivity index (χ0n) is 21.8. The van der Waals surface area contributed by atoms with E-state index in [-0.39, 0.29) is 74.8 Å². The summed E-state index contributed by atoms with van der Waals surface area (Å²) in [7, 11) is 0. The lowest BCUT2D eigenvalue weighted by atomic mass is 9.88. The minimum atomic E-state index is -0.747.